The van der Waals surface area contributed by atoms with E-state index in [4.69, 9.17) is 5.11 Å². The minimum Gasteiger partial charge on any atom is -0.478 e. The second-order valence-corrected chi connectivity index (χ2v) is 7.73. The van der Waals surface area contributed by atoms with E-state index >= 15 is 0 Å². The number of carboxylic acids is 1. The van der Waals surface area contributed by atoms with Gasteiger partial charge in [0.15, 0.2) is 11.4 Å². The average molecular weight is 726 g/mol. The number of aliphatic carboxylic acids is 1. The zero-order chi connectivity index (χ0) is 36.7. The third-order valence-electron chi connectivity index (χ3n) is 4.90. The molecule has 0 aliphatic rings. The van der Waals surface area contributed by atoms with Crippen LogP contribution in [0.15, 0.2) is 11.4 Å². The summed E-state index contributed by atoms with van der Waals surface area (Å²) in [5, 5.41) is 7.96. The van der Waals surface area contributed by atoms with Crippen LogP contribution in [0, 0.1) is 0 Å². The lowest BCUT2D eigenvalue weighted by molar-refractivity contribution is -0.478. The van der Waals surface area contributed by atoms with Crippen LogP contribution >= 0.6 is 0 Å². The quantitative estimate of drug-likeness (QED) is 0.171. The zero-order valence-corrected chi connectivity index (χ0v) is 18.6. The lowest BCUT2D eigenvalue weighted by Gasteiger charge is -2.45. The molecule has 0 spiro atoms. The summed E-state index contributed by atoms with van der Waals surface area (Å²) in [6, 6.07) is 0. The summed E-state index contributed by atoms with van der Waals surface area (Å²) in [4.78, 5) is 10.2. The SMILES string of the molecule is O=C(O)C(=C(F)C(F)(F)C(F)(F)C(F)(F)C(F)(F)C(F)(F)C(F)(F)C(F)(F)C(F)(F)C(F)(F)C(F)(F)C(F)(F)F)C(F)(F)F. The lowest BCUT2D eigenvalue weighted by atomic mass is 9.85. The molecule has 0 aromatic carbocycles. The van der Waals surface area contributed by atoms with Gasteiger partial charge in [-0.1, -0.05) is 0 Å². The van der Waals surface area contributed by atoms with Gasteiger partial charge in [0.05, 0.1) is 0 Å². The van der Waals surface area contributed by atoms with Gasteiger partial charge in [-0.05, 0) is 0 Å². The van der Waals surface area contributed by atoms with E-state index in [1.165, 1.54) is 0 Å². The highest BCUT2D eigenvalue weighted by molar-refractivity contribution is 5.89. The van der Waals surface area contributed by atoms with Gasteiger partial charge in [-0.3, -0.25) is 0 Å². The van der Waals surface area contributed by atoms with E-state index in [0.29, 0.717) is 0 Å². The van der Waals surface area contributed by atoms with Gasteiger partial charge in [-0.25, -0.2) is 9.18 Å². The summed E-state index contributed by atoms with van der Waals surface area (Å²) in [5.41, 5.74) is -4.74. The molecule has 0 saturated heterocycles. The Morgan fingerprint density at radius 2 is 0.568 bits per heavy atom. The van der Waals surface area contributed by atoms with Crippen molar-refractivity contribution in [3.05, 3.63) is 11.4 Å². The van der Waals surface area contributed by atoms with Crippen molar-refractivity contribution in [1.82, 2.24) is 0 Å². The molecule has 0 unspecified atom stereocenters. The van der Waals surface area contributed by atoms with Gasteiger partial charge in [-0.2, -0.15) is 114 Å². The van der Waals surface area contributed by atoms with Gasteiger partial charge in [0.2, 0.25) is 0 Å². The van der Waals surface area contributed by atoms with Crippen molar-refractivity contribution in [2.24, 2.45) is 0 Å². The van der Waals surface area contributed by atoms with Crippen molar-refractivity contribution in [2.45, 2.75) is 71.6 Å². The van der Waals surface area contributed by atoms with Crippen molar-refractivity contribution in [3.8, 4) is 0 Å². The van der Waals surface area contributed by atoms with E-state index in [-0.39, 0.29) is 0 Å². The van der Waals surface area contributed by atoms with Crippen molar-refractivity contribution >= 4 is 5.97 Å². The second kappa shape index (κ2) is 10.2. The molecule has 0 rings (SSSR count). The van der Waals surface area contributed by atoms with Crippen LogP contribution in [-0.2, 0) is 4.79 Å². The standard InChI is InChI=1S/C15HF27O2/c16-2(1(3(43)44)5(19,20)21)4(17,18)6(22,23)7(24,25)8(26,27)9(28,29)10(30,31)11(32,33)12(34,35)13(36,37)14(38,39)15(40,41)42/h(H,43,44). The Hall–Kier alpha value is -2.68. The predicted octanol–water partition coefficient (Wildman–Crippen LogP) is 8.77. The number of hydrogen-bond acceptors (Lipinski definition) is 1. The molecule has 0 aromatic rings. The number of halogens is 27. The molecule has 0 aromatic heterocycles. The highest BCUT2D eigenvalue weighted by Gasteiger charge is 2.99. The topological polar surface area (TPSA) is 37.3 Å². The minimum absolute atomic E-state index is 4.21. The first kappa shape index (κ1) is 41.3. The molecule has 0 fully saturated rings. The van der Waals surface area contributed by atoms with Gasteiger partial charge in [-0.15, -0.1) is 0 Å². The van der Waals surface area contributed by atoms with E-state index < -0.39 is 88.9 Å². The molecule has 0 aliphatic heterocycles. The van der Waals surface area contributed by atoms with Crippen molar-refractivity contribution < 1.29 is 128 Å². The highest BCUT2D eigenvalue weighted by Crippen LogP contribution is 2.67. The Balaban J connectivity index is 7.57. The first-order chi connectivity index (χ1) is 18.5. The maximum Gasteiger partial charge on any atom is 0.460 e. The van der Waals surface area contributed by atoms with Crippen molar-refractivity contribution in [1.29, 1.82) is 0 Å². The van der Waals surface area contributed by atoms with E-state index in [1.807, 2.05) is 0 Å². The summed E-state index contributed by atoms with van der Waals surface area (Å²) in [5.74, 6) is -103. The molecule has 0 atom stereocenters. The third kappa shape index (κ3) is 5.01. The molecular weight excluding hydrogens is 725 g/mol. The summed E-state index contributed by atoms with van der Waals surface area (Å²) in [6.07, 6.45) is -15.5. The highest BCUT2D eigenvalue weighted by atomic mass is 19.4. The van der Waals surface area contributed by atoms with E-state index in [9.17, 15) is 123 Å². The first-order valence-corrected chi connectivity index (χ1v) is 9.03. The van der Waals surface area contributed by atoms with Crippen LogP contribution in [-0.4, -0.2) is 82.7 Å². The number of carboxylic acid groups (broad SMARTS) is 1. The largest absolute Gasteiger partial charge is 0.478 e. The van der Waals surface area contributed by atoms with Crippen LogP contribution in [0.2, 0.25) is 0 Å². The third-order valence-corrected chi connectivity index (χ3v) is 4.90. The summed E-state index contributed by atoms with van der Waals surface area (Å²) < 4.78 is 354. The first-order valence-electron chi connectivity index (χ1n) is 9.03. The fourth-order valence-electron chi connectivity index (χ4n) is 2.39. The summed E-state index contributed by atoms with van der Waals surface area (Å²) in [6.45, 7) is 0. The van der Waals surface area contributed by atoms with Crippen molar-refractivity contribution in [3.63, 3.8) is 0 Å². The Morgan fingerprint density at radius 3 is 0.750 bits per heavy atom. The molecular formula is C15HF27O2. The molecule has 0 aliphatic carbocycles. The number of allylic oxidation sites excluding steroid dienone is 1. The lowest BCUT2D eigenvalue weighted by Crippen LogP contribution is -2.77. The summed E-state index contributed by atoms with van der Waals surface area (Å²) in [7, 11) is 0. The van der Waals surface area contributed by atoms with Crippen LogP contribution < -0.4 is 0 Å². The van der Waals surface area contributed by atoms with Gasteiger partial charge in [0, 0.05) is 0 Å². The van der Waals surface area contributed by atoms with Crippen LogP contribution in [0.1, 0.15) is 0 Å². The molecule has 2 nitrogen and oxygen atoms in total. The number of hydrogen-bond donors (Lipinski definition) is 1. The average Bonchev–Trinajstić information content (AvgIpc) is 2.75. The van der Waals surface area contributed by atoms with Gasteiger partial charge < -0.3 is 5.11 Å². The fraction of sp³-hybridized carbons (Fsp3) is 0.800. The maximum atomic E-state index is 13.6. The van der Waals surface area contributed by atoms with E-state index in [1.54, 1.807) is 0 Å². The number of rotatable bonds is 11. The Morgan fingerprint density at radius 1 is 0.364 bits per heavy atom. The van der Waals surface area contributed by atoms with Crippen molar-refractivity contribution in [2.75, 3.05) is 0 Å². The van der Waals surface area contributed by atoms with E-state index in [0.717, 1.165) is 0 Å². The van der Waals surface area contributed by atoms with E-state index in [2.05, 4.69) is 0 Å². The fourth-order valence-corrected chi connectivity index (χ4v) is 2.39. The van der Waals surface area contributed by atoms with Crippen LogP contribution in [0.4, 0.5) is 119 Å². The predicted molar refractivity (Wildman–Crippen MR) is 77.3 cm³/mol. The molecule has 0 radical (unpaired) electrons. The monoisotopic (exact) mass is 726 g/mol. The van der Waals surface area contributed by atoms with Crippen LogP contribution in [0.5, 0.6) is 0 Å². The molecule has 0 bridgehead atoms. The Bertz CT molecular complexity index is 1130. The molecule has 29 heteroatoms. The summed E-state index contributed by atoms with van der Waals surface area (Å²) >= 11 is 0. The number of alkyl halides is 26. The normalized spacial score (nSPS) is 17.1. The molecule has 262 valence electrons. The van der Waals surface area contributed by atoms with Gasteiger partial charge in [0.1, 0.15) is 0 Å². The second-order valence-electron chi connectivity index (χ2n) is 7.73. The number of carbonyl (C=O) groups is 1. The molecule has 0 heterocycles. The minimum atomic E-state index is -9.78. The Kier molecular flexibility index (Phi) is 9.54. The van der Waals surface area contributed by atoms with Crippen LogP contribution in [0.3, 0.4) is 0 Å². The van der Waals surface area contributed by atoms with Crippen LogP contribution in [0.25, 0.3) is 0 Å². The smallest absolute Gasteiger partial charge is 0.460 e. The van der Waals surface area contributed by atoms with Gasteiger partial charge in [0.25, 0.3) is 0 Å². The Labute approximate surface area is 219 Å². The maximum absolute atomic E-state index is 13.6. The molecule has 1 N–H and O–H groups in total. The zero-order valence-electron chi connectivity index (χ0n) is 18.6. The molecule has 44 heavy (non-hydrogen) atoms. The molecule has 0 amide bonds. The molecule has 0 saturated carbocycles. The van der Waals surface area contributed by atoms with Gasteiger partial charge >= 0.3 is 77.5 Å².